The zero-order valence-electron chi connectivity index (χ0n) is 25.0. The van der Waals surface area contributed by atoms with Crippen molar-refractivity contribution < 1.29 is 32.5 Å². The molecule has 42 heavy (non-hydrogen) atoms. The molecule has 0 bridgehead atoms. The summed E-state index contributed by atoms with van der Waals surface area (Å²) in [7, 11) is 0. The van der Waals surface area contributed by atoms with Gasteiger partial charge in [0.2, 0.25) is 5.88 Å². The predicted octanol–water partition coefficient (Wildman–Crippen LogP) is 8.34. The van der Waals surface area contributed by atoms with Crippen molar-refractivity contribution in [3.05, 3.63) is 101 Å². The standard InChI is InChI=1S/C22H25F3N2O2.C9H10O2.C2H6/c1-16(2)14-27-12-10-17(11-13-27)19-7-5-9-21(26-19)28-15-18-6-3-4-8-20(18)29-22(23,24)25;1-6-3-4-8(9(10)11)5-7(6)2;1-2/h3-9,17H,1,10-15H2,2H3;3-5H,1-2H3,(H,10,11);1-2H3. The number of halogens is 3. The van der Waals surface area contributed by atoms with Crippen LogP contribution in [0, 0.1) is 13.8 Å². The molecule has 1 N–H and O–H groups in total. The fraction of sp³-hybridized carbons (Fsp3) is 0.394. The lowest BCUT2D eigenvalue weighted by Gasteiger charge is -2.31. The summed E-state index contributed by atoms with van der Waals surface area (Å²) in [6.45, 7) is 16.7. The summed E-state index contributed by atoms with van der Waals surface area (Å²) in [6.07, 6.45) is -2.73. The number of rotatable bonds is 8. The highest BCUT2D eigenvalue weighted by Gasteiger charge is 2.32. The molecule has 0 atom stereocenters. The van der Waals surface area contributed by atoms with Gasteiger partial charge in [-0.3, -0.25) is 4.90 Å². The van der Waals surface area contributed by atoms with Gasteiger partial charge in [-0.1, -0.05) is 56.3 Å². The molecule has 0 aliphatic carbocycles. The quantitative estimate of drug-likeness (QED) is 0.268. The first-order chi connectivity index (χ1) is 19.9. The fourth-order valence-electron chi connectivity index (χ4n) is 4.38. The van der Waals surface area contributed by atoms with Gasteiger partial charge in [0.1, 0.15) is 12.4 Å². The molecule has 0 unspecified atom stereocenters. The topological polar surface area (TPSA) is 71.9 Å². The van der Waals surface area contributed by atoms with Gasteiger partial charge in [-0.05, 0) is 82.1 Å². The molecule has 0 spiro atoms. The maximum atomic E-state index is 12.6. The molecule has 2 aromatic carbocycles. The molecular weight excluding hydrogens is 545 g/mol. The number of carbonyl (C=O) groups is 1. The second kappa shape index (κ2) is 16.6. The summed E-state index contributed by atoms with van der Waals surface area (Å²) in [6, 6.07) is 16.6. The minimum atomic E-state index is -4.74. The second-order valence-electron chi connectivity index (χ2n) is 9.96. The van der Waals surface area contributed by atoms with Crippen molar-refractivity contribution in [1.29, 1.82) is 0 Å². The number of alkyl halides is 3. The molecule has 2 heterocycles. The lowest BCUT2D eigenvalue weighted by atomic mass is 9.93. The minimum Gasteiger partial charge on any atom is -0.478 e. The average molecular weight is 587 g/mol. The van der Waals surface area contributed by atoms with Crippen LogP contribution in [0.5, 0.6) is 11.6 Å². The molecule has 6 nitrogen and oxygen atoms in total. The van der Waals surface area contributed by atoms with E-state index in [1.54, 1.807) is 30.3 Å². The van der Waals surface area contributed by atoms with Gasteiger partial charge < -0.3 is 14.6 Å². The number of hydrogen-bond acceptors (Lipinski definition) is 5. The minimum absolute atomic E-state index is 0.0558. The molecule has 0 amide bonds. The van der Waals surface area contributed by atoms with E-state index >= 15 is 0 Å². The van der Waals surface area contributed by atoms with Crippen molar-refractivity contribution in [1.82, 2.24) is 9.88 Å². The number of ether oxygens (including phenoxy) is 2. The highest BCUT2D eigenvalue weighted by molar-refractivity contribution is 5.87. The van der Waals surface area contributed by atoms with Crippen LogP contribution in [-0.4, -0.2) is 47.0 Å². The van der Waals surface area contributed by atoms with Gasteiger partial charge in [0.15, 0.2) is 0 Å². The van der Waals surface area contributed by atoms with Gasteiger partial charge in [0.05, 0.1) is 5.56 Å². The lowest BCUT2D eigenvalue weighted by molar-refractivity contribution is -0.275. The van der Waals surface area contributed by atoms with Crippen LogP contribution in [0.15, 0.2) is 72.8 Å². The Bertz CT molecular complexity index is 1300. The van der Waals surface area contributed by atoms with Crippen molar-refractivity contribution >= 4 is 5.97 Å². The number of aryl methyl sites for hydroxylation is 2. The molecule has 9 heteroatoms. The van der Waals surface area contributed by atoms with E-state index in [4.69, 9.17) is 9.84 Å². The van der Waals surface area contributed by atoms with Gasteiger partial charge in [0.25, 0.3) is 0 Å². The Morgan fingerprint density at radius 1 is 1.02 bits per heavy atom. The normalized spacial score (nSPS) is 13.6. The first-order valence-electron chi connectivity index (χ1n) is 14.0. The average Bonchev–Trinajstić information content (AvgIpc) is 2.95. The van der Waals surface area contributed by atoms with Gasteiger partial charge in [-0.15, -0.1) is 13.2 Å². The summed E-state index contributed by atoms with van der Waals surface area (Å²) in [5.74, 6) is -0.386. The number of benzene rings is 2. The Morgan fingerprint density at radius 2 is 1.69 bits per heavy atom. The maximum absolute atomic E-state index is 12.6. The molecule has 0 saturated carbocycles. The predicted molar refractivity (Wildman–Crippen MR) is 159 cm³/mol. The van der Waals surface area contributed by atoms with Crippen molar-refractivity contribution in [2.45, 2.75) is 66.3 Å². The highest BCUT2D eigenvalue weighted by atomic mass is 19.4. The molecule has 1 aromatic heterocycles. The molecule has 3 aromatic rings. The van der Waals surface area contributed by atoms with E-state index in [9.17, 15) is 18.0 Å². The number of carboxylic acids is 1. The SMILES string of the molecule is C=C(C)CN1CCC(c2cccc(OCc3ccccc3OC(F)(F)F)n2)CC1.CC.Cc1ccc(C(=O)O)cc1C. The van der Waals surface area contributed by atoms with Crippen LogP contribution in [0.25, 0.3) is 0 Å². The molecule has 228 valence electrons. The molecule has 0 radical (unpaired) electrons. The second-order valence-corrected chi connectivity index (χ2v) is 9.96. The van der Waals surface area contributed by atoms with Crippen LogP contribution in [0.1, 0.15) is 72.3 Å². The zero-order valence-corrected chi connectivity index (χ0v) is 25.0. The molecule has 1 aliphatic heterocycles. The summed E-state index contributed by atoms with van der Waals surface area (Å²) in [5, 5.41) is 8.60. The first-order valence-corrected chi connectivity index (χ1v) is 14.0. The number of piperidine rings is 1. The van der Waals surface area contributed by atoms with E-state index in [0.29, 0.717) is 22.9 Å². The van der Waals surface area contributed by atoms with E-state index in [-0.39, 0.29) is 12.4 Å². The van der Waals surface area contributed by atoms with E-state index < -0.39 is 12.3 Å². The monoisotopic (exact) mass is 586 g/mol. The smallest absolute Gasteiger partial charge is 0.478 e. The zero-order chi connectivity index (χ0) is 31.3. The number of para-hydroxylation sites is 1. The number of pyridine rings is 1. The van der Waals surface area contributed by atoms with E-state index in [1.807, 2.05) is 52.8 Å². The van der Waals surface area contributed by atoms with Crippen molar-refractivity contribution in [2.24, 2.45) is 0 Å². The van der Waals surface area contributed by atoms with E-state index in [0.717, 1.165) is 54.9 Å². The van der Waals surface area contributed by atoms with Gasteiger partial charge in [0, 0.05) is 29.8 Å². The summed E-state index contributed by atoms with van der Waals surface area (Å²) < 4.78 is 47.4. The van der Waals surface area contributed by atoms with Gasteiger partial charge in [-0.2, -0.15) is 0 Å². The molecule has 1 fully saturated rings. The Labute approximate surface area is 246 Å². The Kier molecular flexibility index (Phi) is 13.5. The van der Waals surface area contributed by atoms with Crippen molar-refractivity contribution in [2.75, 3.05) is 19.6 Å². The van der Waals surface area contributed by atoms with Crippen LogP contribution in [0.4, 0.5) is 13.2 Å². The van der Waals surface area contributed by atoms with Crippen LogP contribution in [-0.2, 0) is 6.61 Å². The van der Waals surface area contributed by atoms with Crippen molar-refractivity contribution in [3.63, 3.8) is 0 Å². The van der Waals surface area contributed by atoms with Gasteiger partial charge >= 0.3 is 12.3 Å². The number of aromatic carboxylic acids is 1. The van der Waals surface area contributed by atoms with Crippen LogP contribution in [0.2, 0.25) is 0 Å². The maximum Gasteiger partial charge on any atom is 0.573 e. The third-order valence-corrected chi connectivity index (χ3v) is 6.57. The third kappa shape index (κ3) is 11.6. The van der Waals surface area contributed by atoms with Crippen molar-refractivity contribution in [3.8, 4) is 11.6 Å². The number of carboxylic acid groups (broad SMARTS) is 1. The number of hydrogen-bond donors (Lipinski definition) is 1. The van der Waals surface area contributed by atoms with Crippen LogP contribution in [0.3, 0.4) is 0 Å². The molecule has 1 saturated heterocycles. The molecule has 4 rings (SSSR count). The van der Waals surface area contributed by atoms with Gasteiger partial charge in [-0.25, -0.2) is 9.78 Å². The summed E-state index contributed by atoms with van der Waals surface area (Å²) >= 11 is 0. The number of nitrogens with zero attached hydrogens (tertiary/aromatic N) is 2. The number of aromatic nitrogens is 1. The Morgan fingerprint density at radius 3 is 2.29 bits per heavy atom. The first kappa shape index (κ1) is 34.4. The number of likely N-dealkylation sites (tertiary alicyclic amines) is 1. The Hall–Kier alpha value is -3.85. The summed E-state index contributed by atoms with van der Waals surface area (Å²) in [4.78, 5) is 17.4. The van der Waals surface area contributed by atoms with E-state index in [1.165, 1.54) is 12.1 Å². The van der Waals surface area contributed by atoms with Crippen LogP contribution < -0.4 is 9.47 Å². The molecular formula is C33H41F3N2O4. The van der Waals surface area contributed by atoms with E-state index in [2.05, 4.69) is 21.2 Å². The fourth-order valence-corrected chi connectivity index (χ4v) is 4.38. The summed E-state index contributed by atoms with van der Waals surface area (Å²) in [5.41, 5.74) is 4.92. The largest absolute Gasteiger partial charge is 0.573 e. The lowest BCUT2D eigenvalue weighted by Crippen LogP contribution is -2.34. The highest BCUT2D eigenvalue weighted by Crippen LogP contribution is 2.29. The van der Waals surface area contributed by atoms with Crippen LogP contribution >= 0.6 is 0 Å². The Balaban J connectivity index is 0.000000396. The molecule has 1 aliphatic rings. The third-order valence-electron chi connectivity index (χ3n) is 6.57.